The van der Waals surface area contributed by atoms with E-state index in [-0.39, 0.29) is 0 Å². The van der Waals surface area contributed by atoms with E-state index in [4.69, 9.17) is 11.6 Å². The second kappa shape index (κ2) is 3.57. The zero-order chi connectivity index (χ0) is 7.40. The second-order valence-corrected chi connectivity index (χ2v) is 2.65. The van der Waals surface area contributed by atoms with Crippen molar-refractivity contribution < 1.29 is 0 Å². The summed E-state index contributed by atoms with van der Waals surface area (Å²) in [5.41, 5.74) is 1.21. The average molecular weight is 156 g/mol. The fraction of sp³-hybridized carbons (Fsp3) is 0.375. The van der Waals surface area contributed by atoms with Gasteiger partial charge in [0.25, 0.3) is 0 Å². The molecule has 0 spiro atoms. The van der Waals surface area contributed by atoms with Gasteiger partial charge in [-0.1, -0.05) is 13.0 Å². The molecule has 0 radical (unpaired) electrons. The number of rotatable bonds is 2. The summed E-state index contributed by atoms with van der Waals surface area (Å²) < 4.78 is 0. The third kappa shape index (κ3) is 1.71. The lowest BCUT2D eigenvalue weighted by Gasteiger charge is -2.04. The summed E-state index contributed by atoms with van der Waals surface area (Å²) in [6, 6.07) is 3.97. The second-order valence-electron chi connectivity index (χ2n) is 2.34. The van der Waals surface area contributed by atoms with Gasteiger partial charge in [0.15, 0.2) is 0 Å². The van der Waals surface area contributed by atoms with Gasteiger partial charge >= 0.3 is 0 Å². The van der Waals surface area contributed by atoms with E-state index in [0.717, 1.165) is 0 Å². The highest BCUT2D eigenvalue weighted by molar-refractivity contribution is 6.18. The Labute approximate surface area is 66.0 Å². The molecule has 1 aromatic rings. The molecule has 1 heterocycles. The maximum Gasteiger partial charge on any atom is 0.0303 e. The predicted molar refractivity (Wildman–Crippen MR) is 43.4 cm³/mol. The lowest BCUT2D eigenvalue weighted by Crippen LogP contribution is -1.93. The van der Waals surface area contributed by atoms with Crippen molar-refractivity contribution in [3.63, 3.8) is 0 Å². The number of hydrogen-bond acceptors (Lipinski definition) is 1. The minimum atomic E-state index is 0.412. The summed E-state index contributed by atoms with van der Waals surface area (Å²) in [6.45, 7) is 2.09. The Morgan fingerprint density at radius 2 is 2.50 bits per heavy atom. The van der Waals surface area contributed by atoms with E-state index >= 15 is 0 Å². The normalized spacial score (nSPS) is 13.0. The molecule has 1 aromatic heterocycles. The van der Waals surface area contributed by atoms with Gasteiger partial charge in [0, 0.05) is 18.3 Å². The van der Waals surface area contributed by atoms with Gasteiger partial charge in [-0.25, -0.2) is 0 Å². The fourth-order valence-electron chi connectivity index (χ4n) is 0.757. The lowest BCUT2D eigenvalue weighted by molar-refractivity contribution is 0.866. The molecule has 10 heavy (non-hydrogen) atoms. The Hall–Kier alpha value is -0.560. The highest BCUT2D eigenvalue weighted by atomic mass is 35.5. The quantitative estimate of drug-likeness (QED) is 0.598. The van der Waals surface area contributed by atoms with Crippen LogP contribution in [0.5, 0.6) is 0 Å². The molecule has 0 aliphatic carbocycles. The van der Waals surface area contributed by atoms with Crippen molar-refractivity contribution in [3.8, 4) is 0 Å². The molecule has 54 valence electrons. The van der Waals surface area contributed by atoms with Crippen LogP contribution < -0.4 is 0 Å². The van der Waals surface area contributed by atoms with Crippen LogP contribution >= 0.6 is 11.6 Å². The van der Waals surface area contributed by atoms with E-state index in [2.05, 4.69) is 11.9 Å². The molecule has 1 rings (SSSR count). The summed E-state index contributed by atoms with van der Waals surface area (Å²) in [5.74, 6) is 1.07. The van der Waals surface area contributed by atoms with Crippen LogP contribution in [0.4, 0.5) is 0 Å². The third-order valence-corrected chi connectivity index (χ3v) is 1.95. The number of hydrogen-bond donors (Lipinski definition) is 0. The Bertz CT molecular complexity index is 186. The van der Waals surface area contributed by atoms with Crippen molar-refractivity contribution in [2.24, 2.45) is 0 Å². The first-order valence-electron chi connectivity index (χ1n) is 3.30. The maximum absolute atomic E-state index is 5.66. The van der Waals surface area contributed by atoms with E-state index in [1.54, 1.807) is 6.20 Å². The van der Waals surface area contributed by atoms with Crippen molar-refractivity contribution in [2.45, 2.75) is 12.8 Å². The van der Waals surface area contributed by atoms with Gasteiger partial charge in [-0.3, -0.25) is 4.98 Å². The molecule has 0 amide bonds. The molecule has 1 nitrogen and oxygen atoms in total. The van der Waals surface area contributed by atoms with Gasteiger partial charge < -0.3 is 0 Å². The summed E-state index contributed by atoms with van der Waals surface area (Å²) in [7, 11) is 0. The highest BCUT2D eigenvalue weighted by Gasteiger charge is 2.01. The Morgan fingerprint density at radius 1 is 1.70 bits per heavy atom. The largest absolute Gasteiger partial charge is 0.264 e. The van der Waals surface area contributed by atoms with Crippen LogP contribution in [0.3, 0.4) is 0 Å². The zero-order valence-corrected chi connectivity index (χ0v) is 6.67. The Balaban J connectivity index is 2.75. The molecule has 0 saturated carbocycles. The van der Waals surface area contributed by atoms with E-state index in [1.807, 2.05) is 18.3 Å². The first kappa shape index (κ1) is 7.55. The first-order valence-corrected chi connectivity index (χ1v) is 3.84. The number of nitrogens with zero attached hydrogens (tertiary/aromatic N) is 1. The van der Waals surface area contributed by atoms with Crippen LogP contribution in [-0.2, 0) is 0 Å². The number of alkyl halides is 1. The van der Waals surface area contributed by atoms with Gasteiger partial charge in [0.2, 0.25) is 0 Å². The van der Waals surface area contributed by atoms with Gasteiger partial charge in [-0.05, 0) is 17.5 Å². The predicted octanol–water partition coefficient (Wildman–Crippen LogP) is 2.42. The molecule has 0 fully saturated rings. The summed E-state index contributed by atoms with van der Waals surface area (Å²) in [5, 5.41) is 0. The molecular formula is C8H10ClN. The van der Waals surface area contributed by atoms with Crippen LogP contribution in [0.2, 0.25) is 0 Å². The van der Waals surface area contributed by atoms with Crippen molar-refractivity contribution in [2.75, 3.05) is 5.88 Å². The Morgan fingerprint density at radius 3 is 3.00 bits per heavy atom. The van der Waals surface area contributed by atoms with Crippen LogP contribution in [0, 0.1) is 0 Å². The number of pyridine rings is 1. The topological polar surface area (TPSA) is 12.9 Å². The monoisotopic (exact) mass is 155 g/mol. The highest BCUT2D eigenvalue weighted by Crippen LogP contribution is 2.13. The van der Waals surface area contributed by atoms with Crippen LogP contribution in [0.1, 0.15) is 18.4 Å². The molecule has 0 aromatic carbocycles. The standard InChI is InChI=1S/C8H10ClN/c1-7(5-9)8-3-2-4-10-6-8/h2-4,6-7H,5H2,1H3. The van der Waals surface area contributed by atoms with E-state index in [0.29, 0.717) is 11.8 Å². The van der Waals surface area contributed by atoms with Crippen molar-refractivity contribution in [1.82, 2.24) is 4.98 Å². The molecule has 0 N–H and O–H groups in total. The van der Waals surface area contributed by atoms with Crippen LogP contribution in [0.15, 0.2) is 24.5 Å². The van der Waals surface area contributed by atoms with E-state index in [9.17, 15) is 0 Å². The molecule has 1 unspecified atom stereocenters. The average Bonchev–Trinajstić information content (AvgIpc) is 2.05. The SMILES string of the molecule is CC(CCl)c1cccnc1. The first-order chi connectivity index (χ1) is 4.84. The molecule has 1 atom stereocenters. The minimum Gasteiger partial charge on any atom is -0.264 e. The summed E-state index contributed by atoms with van der Waals surface area (Å²) in [6.07, 6.45) is 3.62. The molecular weight excluding hydrogens is 146 g/mol. The molecule has 0 aliphatic heterocycles. The van der Waals surface area contributed by atoms with Crippen molar-refractivity contribution in [3.05, 3.63) is 30.1 Å². The minimum absolute atomic E-state index is 0.412. The third-order valence-electron chi connectivity index (χ3n) is 1.48. The number of aromatic nitrogens is 1. The van der Waals surface area contributed by atoms with Crippen molar-refractivity contribution in [1.29, 1.82) is 0 Å². The molecule has 0 saturated heterocycles. The van der Waals surface area contributed by atoms with Crippen molar-refractivity contribution >= 4 is 11.6 Å². The zero-order valence-electron chi connectivity index (χ0n) is 5.92. The number of halogens is 1. The van der Waals surface area contributed by atoms with E-state index in [1.165, 1.54) is 5.56 Å². The van der Waals surface area contributed by atoms with Gasteiger partial charge in [-0.2, -0.15) is 0 Å². The molecule has 0 aliphatic rings. The van der Waals surface area contributed by atoms with Gasteiger partial charge in [-0.15, -0.1) is 11.6 Å². The Kier molecular flexibility index (Phi) is 2.69. The summed E-state index contributed by atoms with van der Waals surface area (Å²) >= 11 is 5.66. The van der Waals surface area contributed by atoms with Gasteiger partial charge in [0.05, 0.1) is 0 Å². The van der Waals surface area contributed by atoms with E-state index < -0.39 is 0 Å². The van der Waals surface area contributed by atoms with Crippen LogP contribution in [0.25, 0.3) is 0 Å². The van der Waals surface area contributed by atoms with Crippen LogP contribution in [-0.4, -0.2) is 10.9 Å². The van der Waals surface area contributed by atoms with Gasteiger partial charge in [0.1, 0.15) is 0 Å². The lowest BCUT2D eigenvalue weighted by atomic mass is 10.1. The molecule has 2 heteroatoms. The maximum atomic E-state index is 5.66. The smallest absolute Gasteiger partial charge is 0.0303 e. The fourth-order valence-corrected chi connectivity index (χ4v) is 0.935. The summed E-state index contributed by atoms with van der Waals surface area (Å²) in [4.78, 5) is 4.00. The molecule has 0 bridgehead atoms.